The monoisotopic (exact) mass is 258 g/mol. The molecule has 0 saturated carbocycles. The zero-order valence-corrected chi connectivity index (χ0v) is 10.5. The van der Waals surface area contributed by atoms with E-state index in [-0.39, 0.29) is 18.0 Å². The predicted octanol–water partition coefficient (Wildman–Crippen LogP) is 0.773. The van der Waals surface area contributed by atoms with E-state index in [0.717, 1.165) is 5.56 Å². The molecule has 0 radical (unpaired) electrons. The molecule has 0 spiro atoms. The number of hydrogen-bond acceptors (Lipinski definition) is 4. The number of aryl methyl sites for hydroxylation is 1. The number of nitrogens with one attached hydrogen (secondary N) is 1. The lowest BCUT2D eigenvalue weighted by molar-refractivity contribution is -0.116. The molecule has 0 atom stereocenters. The van der Waals surface area contributed by atoms with E-state index in [0.29, 0.717) is 11.4 Å². The Kier molecular flexibility index (Phi) is 3.61. The van der Waals surface area contributed by atoms with Gasteiger partial charge in [-0.15, -0.1) is 0 Å². The van der Waals surface area contributed by atoms with Gasteiger partial charge >= 0.3 is 0 Å². The molecule has 1 heterocycles. The van der Waals surface area contributed by atoms with E-state index >= 15 is 0 Å². The Morgan fingerprint density at radius 1 is 1.42 bits per heavy atom. The average molecular weight is 258 g/mol. The summed E-state index contributed by atoms with van der Waals surface area (Å²) in [4.78, 5) is 27.1. The summed E-state index contributed by atoms with van der Waals surface area (Å²) in [5.74, 6) is -0.289. The maximum absolute atomic E-state index is 11.8. The second-order valence-corrected chi connectivity index (χ2v) is 4.17. The van der Waals surface area contributed by atoms with Crippen LogP contribution in [0.15, 0.2) is 41.6 Å². The molecule has 1 aromatic carbocycles. The third-order valence-electron chi connectivity index (χ3n) is 2.63. The van der Waals surface area contributed by atoms with Crippen LogP contribution in [-0.4, -0.2) is 15.5 Å². The van der Waals surface area contributed by atoms with Gasteiger partial charge in [0.1, 0.15) is 6.54 Å². The number of anilines is 2. The third kappa shape index (κ3) is 3.19. The topological polar surface area (TPSA) is 90.0 Å². The van der Waals surface area contributed by atoms with Crippen molar-refractivity contribution in [3.05, 3.63) is 52.7 Å². The van der Waals surface area contributed by atoms with Crippen LogP contribution in [0.25, 0.3) is 0 Å². The van der Waals surface area contributed by atoms with Crippen LogP contribution in [0.4, 0.5) is 11.4 Å². The SMILES string of the molecule is Cc1cc(N)ccc1NC(=O)Cn1cnccc1=O. The van der Waals surface area contributed by atoms with Crippen LogP contribution in [0, 0.1) is 6.92 Å². The van der Waals surface area contributed by atoms with Gasteiger partial charge in [-0.25, -0.2) is 4.98 Å². The average Bonchev–Trinajstić information content (AvgIpc) is 2.36. The second-order valence-electron chi connectivity index (χ2n) is 4.17. The van der Waals surface area contributed by atoms with Gasteiger partial charge in [-0.3, -0.25) is 14.2 Å². The first-order valence-electron chi connectivity index (χ1n) is 5.72. The molecule has 6 heteroatoms. The van der Waals surface area contributed by atoms with Crippen molar-refractivity contribution >= 4 is 17.3 Å². The molecule has 0 bridgehead atoms. The quantitative estimate of drug-likeness (QED) is 0.796. The molecule has 0 aliphatic carbocycles. The van der Waals surface area contributed by atoms with Gasteiger partial charge in [0.05, 0.1) is 6.33 Å². The summed E-state index contributed by atoms with van der Waals surface area (Å²) >= 11 is 0. The fourth-order valence-electron chi connectivity index (χ4n) is 1.67. The molecule has 98 valence electrons. The van der Waals surface area contributed by atoms with Crippen LogP contribution in [0.2, 0.25) is 0 Å². The van der Waals surface area contributed by atoms with Crippen LogP contribution in [-0.2, 0) is 11.3 Å². The van der Waals surface area contributed by atoms with Gasteiger partial charge in [-0.05, 0) is 30.7 Å². The van der Waals surface area contributed by atoms with Gasteiger partial charge in [0.2, 0.25) is 5.91 Å². The molecule has 1 aromatic heterocycles. The molecule has 19 heavy (non-hydrogen) atoms. The Morgan fingerprint density at radius 2 is 2.21 bits per heavy atom. The first kappa shape index (κ1) is 12.8. The Hall–Kier alpha value is -2.63. The Bertz CT molecular complexity index is 664. The number of carbonyl (C=O) groups excluding carboxylic acids is 1. The number of hydrogen-bond donors (Lipinski definition) is 2. The molecular formula is C13H14N4O2. The summed E-state index contributed by atoms with van der Waals surface area (Å²) in [6.07, 6.45) is 2.72. The van der Waals surface area contributed by atoms with Gasteiger partial charge in [0, 0.05) is 23.6 Å². The molecule has 2 rings (SSSR count). The Balaban J connectivity index is 2.10. The minimum Gasteiger partial charge on any atom is -0.399 e. The number of nitrogens with zero attached hydrogens (tertiary/aromatic N) is 2. The van der Waals surface area contributed by atoms with Crippen molar-refractivity contribution in [3.63, 3.8) is 0 Å². The largest absolute Gasteiger partial charge is 0.399 e. The van der Waals surface area contributed by atoms with Gasteiger partial charge < -0.3 is 11.1 Å². The summed E-state index contributed by atoms with van der Waals surface area (Å²) in [5.41, 5.74) is 7.55. The minimum absolute atomic E-state index is 0.0729. The number of nitrogen functional groups attached to an aromatic ring is 1. The normalized spacial score (nSPS) is 10.2. The van der Waals surface area contributed by atoms with Crippen molar-refractivity contribution in [2.24, 2.45) is 0 Å². The molecule has 1 amide bonds. The summed E-state index contributed by atoms with van der Waals surface area (Å²) in [5, 5.41) is 2.73. The summed E-state index contributed by atoms with van der Waals surface area (Å²) in [6.45, 7) is 1.78. The number of amides is 1. The molecule has 0 saturated heterocycles. The molecule has 0 unspecified atom stereocenters. The zero-order chi connectivity index (χ0) is 13.8. The van der Waals surface area contributed by atoms with E-state index in [2.05, 4.69) is 10.3 Å². The first-order valence-corrected chi connectivity index (χ1v) is 5.72. The summed E-state index contributed by atoms with van der Waals surface area (Å²) < 4.78 is 1.24. The summed E-state index contributed by atoms with van der Waals surface area (Å²) in [7, 11) is 0. The molecule has 2 aromatic rings. The van der Waals surface area contributed by atoms with E-state index in [1.54, 1.807) is 18.2 Å². The Morgan fingerprint density at radius 3 is 2.89 bits per heavy atom. The standard InChI is InChI=1S/C13H14N4O2/c1-9-6-10(14)2-3-11(9)16-12(18)7-17-8-15-5-4-13(17)19/h2-6,8H,7,14H2,1H3,(H,16,18). The van der Waals surface area contributed by atoms with Crippen molar-refractivity contribution in [1.29, 1.82) is 0 Å². The highest BCUT2D eigenvalue weighted by molar-refractivity contribution is 5.91. The highest BCUT2D eigenvalue weighted by Crippen LogP contribution is 2.17. The Labute approximate surface area is 109 Å². The van der Waals surface area contributed by atoms with Gasteiger partial charge in [0.15, 0.2) is 0 Å². The smallest absolute Gasteiger partial charge is 0.253 e. The summed E-state index contributed by atoms with van der Waals surface area (Å²) in [6, 6.07) is 6.51. The fraction of sp³-hybridized carbons (Fsp3) is 0.154. The molecular weight excluding hydrogens is 244 g/mol. The van der Waals surface area contributed by atoms with Crippen LogP contribution in [0.1, 0.15) is 5.56 Å². The predicted molar refractivity (Wildman–Crippen MR) is 72.7 cm³/mol. The van der Waals surface area contributed by atoms with Crippen molar-refractivity contribution in [1.82, 2.24) is 9.55 Å². The van der Waals surface area contributed by atoms with Crippen LogP contribution < -0.4 is 16.6 Å². The molecule has 3 N–H and O–H groups in total. The maximum atomic E-state index is 11.8. The van der Waals surface area contributed by atoms with Crippen molar-refractivity contribution in [2.75, 3.05) is 11.1 Å². The fourth-order valence-corrected chi connectivity index (χ4v) is 1.67. The first-order chi connectivity index (χ1) is 9.06. The van der Waals surface area contributed by atoms with E-state index in [4.69, 9.17) is 5.73 Å². The molecule has 0 fully saturated rings. The third-order valence-corrected chi connectivity index (χ3v) is 2.63. The molecule has 0 aliphatic heterocycles. The van der Waals surface area contributed by atoms with E-state index in [1.165, 1.54) is 23.2 Å². The van der Waals surface area contributed by atoms with Gasteiger partial charge in [-0.2, -0.15) is 0 Å². The van der Waals surface area contributed by atoms with Crippen LogP contribution in [0.3, 0.4) is 0 Å². The lowest BCUT2D eigenvalue weighted by atomic mass is 10.2. The number of rotatable bonds is 3. The highest BCUT2D eigenvalue weighted by atomic mass is 16.2. The lowest BCUT2D eigenvalue weighted by Gasteiger charge is -2.09. The zero-order valence-electron chi connectivity index (χ0n) is 10.5. The number of aromatic nitrogens is 2. The number of carbonyl (C=O) groups is 1. The molecule has 0 aliphatic rings. The lowest BCUT2D eigenvalue weighted by Crippen LogP contribution is -2.27. The highest BCUT2D eigenvalue weighted by Gasteiger charge is 2.06. The van der Waals surface area contributed by atoms with E-state index in [1.807, 2.05) is 6.92 Å². The van der Waals surface area contributed by atoms with Crippen molar-refractivity contribution < 1.29 is 4.79 Å². The van der Waals surface area contributed by atoms with Gasteiger partial charge in [0.25, 0.3) is 5.56 Å². The number of nitrogens with two attached hydrogens (primary N) is 1. The van der Waals surface area contributed by atoms with Crippen LogP contribution in [0.5, 0.6) is 0 Å². The second kappa shape index (κ2) is 5.34. The van der Waals surface area contributed by atoms with Crippen molar-refractivity contribution in [2.45, 2.75) is 13.5 Å². The minimum atomic E-state index is -0.289. The van der Waals surface area contributed by atoms with E-state index < -0.39 is 0 Å². The van der Waals surface area contributed by atoms with Gasteiger partial charge in [-0.1, -0.05) is 0 Å². The maximum Gasteiger partial charge on any atom is 0.253 e. The van der Waals surface area contributed by atoms with Crippen LogP contribution >= 0.6 is 0 Å². The van der Waals surface area contributed by atoms with Crippen molar-refractivity contribution in [3.8, 4) is 0 Å². The molecule has 6 nitrogen and oxygen atoms in total. The van der Waals surface area contributed by atoms with E-state index in [9.17, 15) is 9.59 Å². The number of benzene rings is 1.